The maximum atomic E-state index is 11.2. The molecule has 6 nitrogen and oxygen atoms in total. The van der Waals surface area contributed by atoms with Gasteiger partial charge in [0.1, 0.15) is 11.3 Å². The molecular formula is C27H29N3O3. The Morgan fingerprint density at radius 1 is 1.03 bits per heavy atom. The number of nitrogens with zero attached hydrogens (tertiary/aromatic N) is 2. The van der Waals surface area contributed by atoms with Crippen LogP contribution in [0, 0.1) is 13.8 Å². The van der Waals surface area contributed by atoms with E-state index >= 15 is 0 Å². The van der Waals surface area contributed by atoms with Crippen LogP contribution < -0.4 is 10.5 Å². The first-order chi connectivity index (χ1) is 16.0. The second-order valence-corrected chi connectivity index (χ2v) is 8.33. The molecule has 4 aromatic rings. The van der Waals surface area contributed by atoms with Crippen molar-refractivity contribution in [1.82, 2.24) is 9.97 Å². The van der Waals surface area contributed by atoms with Crippen molar-refractivity contribution in [1.29, 1.82) is 0 Å². The minimum atomic E-state index is -0.214. The van der Waals surface area contributed by atoms with Gasteiger partial charge in [-0.05, 0) is 79.6 Å². The molecule has 0 aliphatic carbocycles. The van der Waals surface area contributed by atoms with Crippen molar-refractivity contribution in [3.8, 4) is 5.75 Å². The summed E-state index contributed by atoms with van der Waals surface area (Å²) >= 11 is 0. The third-order valence-electron chi connectivity index (χ3n) is 5.94. The van der Waals surface area contributed by atoms with Crippen LogP contribution in [0.4, 0.5) is 5.82 Å². The van der Waals surface area contributed by atoms with Gasteiger partial charge < -0.3 is 15.2 Å². The van der Waals surface area contributed by atoms with E-state index in [1.807, 2.05) is 12.3 Å². The van der Waals surface area contributed by atoms with Crippen LogP contribution >= 0.6 is 0 Å². The molecule has 2 N–H and O–H groups in total. The Morgan fingerprint density at radius 2 is 1.85 bits per heavy atom. The highest BCUT2D eigenvalue weighted by Crippen LogP contribution is 2.31. The van der Waals surface area contributed by atoms with E-state index in [4.69, 9.17) is 10.5 Å². The number of esters is 1. The van der Waals surface area contributed by atoms with Gasteiger partial charge in [-0.2, -0.15) is 0 Å². The molecule has 0 aliphatic heterocycles. The number of pyridine rings is 2. The number of carbonyl (C=O) groups is 1. The number of carbonyl (C=O) groups excluding carboxylic acids is 1. The predicted octanol–water partition coefficient (Wildman–Crippen LogP) is 5.10. The maximum Gasteiger partial charge on any atom is 0.305 e. The fraction of sp³-hybridized carbons (Fsp3) is 0.296. The topological polar surface area (TPSA) is 87.3 Å². The van der Waals surface area contributed by atoms with Gasteiger partial charge >= 0.3 is 5.97 Å². The largest absolute Gasteiger partial charge is 0.494 e. The number of anilines is 1. The van der Waals surface area contributed by atoms with Gasteiger partial charge in [0.25, 0.3) is 0 Å². The molecule has 0 saturated carbocycles. The first-order valence-corrected chi connectivity index (χ1v) is 11.2. The summed E-state index contributed by atoms with van der Waals surface area (Å²) < 4.78 is 10.4. The zero-order chi connectivity index (χ0) is 23.4. The fourth-order valence-corrected chi connectivity index (χ4v) is 4.15. The number of hydrogen-bond donors (Lipinski definition) is 1. The molecule has 2 aromatic heterocycles. The van der Waals surface area contributed by atoms with Crippen LogP contribution in [0.2, 0.25) is 0 Å². The van der Waals surface area contributed by atoms with Gasteiger partial charge in [0.05, 0.1) is 19.2 Å². The zero-order valence-corrected chi connectivity index (χ0v) is 19.4. The zero-order valence-electron chi connectivity index (χ0n) is 19.4. The third kappa shape index (κ3) is 5.06. The summed E-state index contributed by atoms with van der Waals surface area (Å²) in [6, 6.07) is 14.5. The van der Waals surface area contributed by atoms with E-state index in [2.05, 4.69) is 65.0 Å². The Hall–Kier alpha value is -3.67. The molecule has 0 amide bonds. The smallest absolute Gasteiger partial charge is 0.305 e. The first kappa shape index (κ1) is 22.5. The Balaban J connectivity index is 1.52. The average molecular weight is 444 g/mol. The monoisotopic (exact) mass is 443 g/mol. The molecule has 0 aliphatic rings. The van der Waals surface area contributed by atoms with E-state index in [0.717, 1.165) is 46.0 Å². The van der Waals surface area contributed by atoms with Gasteiger partial charge in [-0.15, -0.1) is 0 Å². The van der Waals surface area contributed by atoms with E-state index in [1.165, 1.54) is 23.8 Å². The normalized spacial score (nSPS) is 11.1. The van der Waals surface area contributed by atoms with Crippen LogP contribution in [0.15, 0.2) is 48.7 Å². The Labute approximate surface area is 193 Å². The van der Waals surface area contributed by atoms with Crippen molar-refractivity contribution in [2.45, 2.75) is 39.5 Å². The van der Waals surface area contributed by atoms with Gasteiger partial charge in [-0.25, -0.2) is 4.98 Å². The van der Waals surface area contributed by atoms with E-state index < -0.39 is 0 Å². The van der Waals surface area contributed by atoms with Crippen molar-refractivity contribution >= 4 is 33.6 Å². The van der Waals surface area contributed by atoms with Gasteiger partial charge in [0.2, 0.25) is 0 Å². The summed E-state index contributed by atoms with van der Waals surface area (Å²) in [4.78, 5) is 20.3. The molecule has 2 heterocycles. The molecule has 170 valence electrons. The average Bonchev–Trinajstić information content (AvgIpc) is 2.81. The summed E-state index contributed by atoms with van der Waals surface area (Å²) in [6.45, 7) is 4.64. The number of nitrogens with two attached hydrogens (primary N) is 1. The number of aromatic nitrogens is 2. The Bertz CT molecular complexity index is 1320. The molecule has 4 rings (SSSR count). The molecule has 2 aromatic carbocycles. The highest BCUT2D eigenvalue weighted by molar-refractivity contribution is 6.09. The highest BCUT2D eigenvalue weighted by Gasteiger charge is 2.12. The number of fused-ring (bicyclic) bond motifs is 3. The minimum absolute atomic E-state index is 0.214. The lowest BCUT2D eigenvalue weighted by Crippen LogP contribution is -2.05. The van der Waals surface area contributed by atoms with Crippen LogP contribution in [0.1, 0.15) is 35.1 Å². The van der Waals surface area contributed by atoms with Crippen molar-refractivity contribution in [3.05, 3.63) is 70.9 Å². The fourth-order valence-electron chi connectivity index (χ4n) is 4.15. The molecule has 0 saturated heterocycles. The van der Waals surface area contributed by atoms with Gasteiger partial charge in [0, 0.05) is 23.4 Å². The van der Waals surface area contributed by atoms with E-state index in [-0.39, 0.29) is 5.97 Å². The standard InChI is InChI=1S/C27H29N3O3/c1-17-6-11-22-23(15-17)30-27(28)26-25(22)20(12-13-29-26)8-7-19-9-10-21(16-18(19)2)33-14-4-5-24(31)32-3/h6,9-13,15-16H,4-5,7-8,14H2,1-3H3,(H2,28,30). The Kier molecular flexibility index (Phi) is 6.73. The molecular weight excluding hydrogens is 414 g/mol. The molecule has 6 heteroatoms. The van der Waals surface area contributed by atoms with Gasteiger partial charge in [-0.3, -0.25) is 9.78 Å². The number of rotatable bonds is 8. The summed E-state index contributed by atoms with van der Waals surface area (Å²) in [5.41, 5.74) is 12.7. The second kappa shape index (κ2) is 9.86. The lowest BCUT2D eigenvalue weighted by molar-refractivity contribution is -0.140. The number of nitrogen functional groups attached to an aromatic ring is 1. The number of benzene rings is 2. The molecule has 0 fully saturated rings. The van der Waals surface area contributed by atoms with Crippen LogP contribution in [0.5, 0.6) is 5.75 Å². The van der Waals surface area contributed by atoms with Crippen LogP contribution in [0.3, 0.4) is 0 Å². The van der Waals surface area contributed by atoms with Crippen LogP contribution in [-0.2, 0) is 22.4 Å². The second-order valence-electron chi connectivity index (χ2n) is 8.33. The highest BCUT2D eigenvalue weighted by atomic mass is 16.5. The van der Waals surface area contributed by atoms with Crippen molar-refractivity contribution in [2.24, 2.45) is 0 Å². The lowest BCUT2D eigenvalue weighted by Gasteiger charge is -2.13. The number of methoxy groups -OCH3 is 1. The van der Waals surface area contributed by atoms with E-state index in [0.29, 0.717) is 25.3 Å². The number of aryl methyl sites for hydroxylation is 4. The van der Waals surface area contributed by atoms with E-state index in [1.54, 1.807) is 0 Å². The molecule has 0 bridgehead atoms. The number of ether oxygens (including phenoxy) is 2. The molecule has 0 atom stereocenters. The summed E-state index contributed by atoms with van der Waals surface area (Å²) in [5.74, 6) is 1.07. The lowest BCUT2D eigenvalue weighted by atomic mass is 9.96. The first-order valence-electron chi connectivity index (χ1n) is 11.2. The van der Waals surface area contributed by atoms with Gasteiger partial charge in [-0.1, -0.05) is 18.2 Å². The molecule has 0 unspecified atom stereocenters. The summed E-state index contributed by atoms with van der Waals surface area (Å²) in [6.07, 6.45) is 4.57. The molecule has 0 radical (unpaired) electrons. The quantitative estimate of drug-likeness (QED) is 0.232. The van der Waals surface area contributed by atoms with Crippen LogP contribution in [-0.4, -0.2) is 29.7 Å². The van der Waals surface area contributed by atoms with E-state index in [9.17, 15) is 4.79 Å². The SMILES string of the molecule is COC(=O)CCCOc1ccc(CCc2ccnc3c(N)nc4cc(C)ccc4c23)c(C)c1. The predicted molar refractivity (Wildman–Crippen MR) is 132 cm³/mol. The third-order valence-corrected chi connectivity index (χ3v) is 5.94. The van der Waals surface area contributed by atoms with Crippen molar-refractivity contribution in [3.63, 3.8) is 0 Å². The minimum Gasteiger partial charge on any atom is -0.494 e. The number of hydrogen-bond acceptors (Lipinski definition) is 6. The summed E-state index contributed by atoms with van der Waals surface area (Å²) in [5, 5.41) is 2.17. The van der Waals surface area contributed by atoms with Crippen LogP contribution in [0.25, 0.3) is 21.8 Å². The maximum absolute atomic E-state index is 11.2. The molecule has 33 heavy (non-hydrogen) atoms. The van der Waals surface area contributed by atoms with Gasteiger partial charge in [0.15, 0.2) is 5.82 Å². The molecule has 0 spiro atoms. The van der Waals surface area contributed by atoms with Crippen molar-refractivity contribution in [2.75, 3.05) is 19.5 Å². The summed E-state index contributed by atoms with van der Waals surface area (Å²) in [7, 11) is 1.40. The van der Waals surface area contributed by atoms with Crippen molar-refractivity contribution < 1.29 is 14.3 Å². The Morgan fingerprint density at radius 3 is 2.64 bits per heavy atom.